The predicted molar refractivity (Wildman–Crippen MR) is 110 cm³/mol. The minimum absolute atomic E-state index is 0.0268. The van der Waals surface area contributed by atoms with Crippen LogP contribution in [0.3, 0.4) is 0 Å². The molecule has 29 heavy (non-hydrogen) atoms. The number of carbonyl (C=O) groups is 2. The number of nitrogens with zero attached hydrogens (tertiary/aromatic N) is 1. The Morgan fingerprint density at radius 1 is 1.07 bits per heavy atom. The molecule has 0 fully saturated rings. The second-order valence-electron chi connectivity index (χ2n) is 6.76. The summed E-state index contributed by atoms with van der Waals surface area (Å²) < 4.78 is 0. The van der Waals surface area contributed by atoms with Crippen LogP contribution in [0.2, 0.25) is 0 Å². The minimum atomic E-state index is -1.17. The van der Waals surface area contributed by atoms with Crippen LogP contribution in [0.4, 0.5) is 11.4 Å². The molecule has 0 spiro atoms. The molecule has 0 saturated heterocycles. The lowest BCUT2D eigenvalue weighted by molar-refractivity contribution is -0.384. The van der Waals surface area contributed by atoms with Crippen LogP contribution >= 0.6 is 11.3 Å². The smallest absolute Gasteiger partial charge is 0.348 e. The highest BCUT2D eigenvalue weighted by molar-refractivity contribution is 7.18. The lowest BCUT2D eigenvalue weighted by Gasteiger charge is -2.06. The van der Waals surface area contributed by atoms with Crippen LogP contribution in [0.15, 0.2) is 48.5 Å². The summed E-state index contributed by atoms with van der Waals surface area (Å²) in [6.45, 7) is 0. The van der Waals surface area contributed by atoms with Gasteiger partial charge >= 0.3 is 5.97 Å². The van der Waals surface area contributed by atoms with Gasteiger partial charge in [0.2, 0.25) is 0 Å². The maximum atomic E-state index is 12.7. The first-order valence-corrected chi connectivity index (χ1v) is 9.79. The average Bonchev–Trinajstić information content (AvgIpc) is 3.34. The van der Waals surface area contributed by atoms with Crippen molar-refractivity contribution in [2.45, 2.75) is 19.3 Å². The first-order chi connectivity index (χ1) is 13.9. The normalized spacial score (nSPS) is 12.4. The summed E-state index contributed by atoms with van der Waals surface area (Å²) in [5.74, 6) is -1.55. The number of thiophene rings is 1. The molecule has 3 aromatic rings. The molecule has 1 aromatic heterocycles. The number of anilines is 1. The summed E-state index contributed by atoms with van der Waals surface area (Å²) in [6, 6.07) is 13.0. The zero-order chi connectivity index (χ0) is 20.5. The highest BCUT2D eigenvalue weighted by Gasteiger charge is 2.21. The summed E-state index contributed by atoms with van der Waals surface area (Å²) >= 11 is 0.962. The molecule has 8 heteroatoms. The summed E-state index contributed by atoms with van der Waals surface area (Å²) in [6.07, 6.45) is 3.02. The number of carboxylic acids is 1. The van der Waals surface area contributed by atoms with E-state index in [-0.39, 0.29) is 22.2 Å². The molecule has 1 aliphatic carbocycles. The SMILES string of the molecule is O=C(Nc1cc(-c2cccc([N+](=O)[O-])c2)sc1C(=O)O)c1ccc2c(c1)CCC2. The number of aromatic carboxylic acids is 1. The average molecular weight is 408 g/mol. The van der Waals surface area contributed by atoms with Crippen LogP contribution < -0.4 is 5.32 Å². The zero-order valence-electron chi connectivity index (χ0n) is 15.2. The van der Waals surface area contributed by atoms with Gasteiger partial charge < -0.3 is 10.4 Å². The Labute approximate surface area is 169 Å². The van der Waals surface area contributed by atoms with Gasteiger partial charge in [0.15, 0.2) is 0 Å². The standard InChI is InChI=1S/C21H16N2O5S/c24-20(15-8-7-12-3-1-4-13(12)9-15)22-17-11-18(29-19(17)21(25)26)14-5-2-6-16(10-14)23(27)28/h2,5-11H,1,3-4H2,(H,22,24)(H,25,26). The number of aryl methyl sites for hydroxylation is 2. The molecule has 0 unspecified atom stereocenters. The van der Waals surface area contributed by atoms with Crippen molar-refractivity contribution in [3.63, 3.8) is 0 Å². The highest BCUT2D eigenvalue weighted by Crippen LogP contribution is 2.36. The van der Waals surface area contributed by atoms with E-state index in [0.717, 1.165) is 36.2 Å². The second-order valence-corrected chi connectivity index (χ2v) is 7.81. The molecule has 0 radical (unpaired) electrons. The molecule has 2 N–H and O–H groups in total. The van der Waals surface area contributed by atoms with Crippen LogP contribution in [0.25, 0.3) is 10.4 Å². The molecule has 2 aromatic carbocycles. The van der Waals surface area contributed by atoms with Gasteiger partial charge in [0.1, 0.15) is 4.88 Å². The summed E-state index contributed by atoms with van der Waals surface area (Å²) in [4.78, 5) is 35.3. The molecule has 0 saturated carbocycles. The molecule has 0 bridgehead atoms. The quantitative estimate of drug-likeness (QED) is 0.467. The van der Waals surface area contributed by atoms with E-state index in [0.29, 0.717) is 16.0 Å². The number of hydrogen-bond acceptors (Lipinski definition) is 5. The number of non-ortho nitro benzene ring substituents is 1. The minimum Gasteiger partial charge on any atom is -0.477 e. The Hall–Kier alpha value is -3.52. The second kappa shape index (κ2) is 7.48. The van der Waals surface area contributed by atoms with Gasteiger partial charge in [-0.3, -0.25) is 14.9 Å². The van der Waals surface area contributed by atoms with Crippen molar-refractivity contribution in [2.75, 3.05) is 5.32 Å². The fraction of sp³-hybridized carbons (Fsp3) is 0.143. The lowest BCUT2D eigenvalue weighted by Crippen LogP contribution is -2.13. The lowest BCUT2D eigenvalue weighted by atomic mass is 10.1. The Bertz CT molecular complexity index is 1150. The van der Waals surface area contributed by atoms with Crippen molar-refractivity contribution in [3.05, 3.63) is 80.2 Å². The molecule has 0 atom stereocenters. The fourth-order valence-electron chi connectivity index (χ4n) is 3.47. The highest BCUT2D eigenvalue weighted by atomic mass is 32.1. The van der Waals surface area contributed by atoms with Gasteiger partial charge in [-0.15, -0.1) is 11.3 Å². The summed E-state index contributed by atoms with van der Waals surface area (Å²) in [7, 11) is 0. The number of nitro groups is 1. The van der Waals surface area contributed by atoms with E-state index in [1.807, 2.05) is 12.1 Å². The Morgan fingerprint density at radius 3 is 2.62 bits per heavy atom. The maximum absolute atomic E-state index is 12.7. The van der Waals surface area contributed by atoms with Gasteiger partial charge in [0, 0.05) is 22.6 Å². The molecule has 1 aliphatic rings. The van der Waals surface area contributed by atoms with Crippen LogP contribution in [0.5, 0.6) is 0 Å². The number of carboxylic acid groups (broad SMARTS) is 1. The van der Waals surface area contributed by atoms with E-state index >= 15 is 0 Å². The summed E-state index contributed by atoms with van der Waals surface area (Å²) in [5.41, 5.74) is 3.48. The zero-order valence-corrected chi connectivity index (χ0v) is 16.0. The van der Waals surface area contributed by atoms with Gasteiger partial charge in [-0.2, -0.15) is 0 Å². The number of amides is 1. The third-order valence-corrected chi connectivity index (χ3v) is 6.05. The number of carbonyl (C=O) groups excluding carboxylic acids is 1. The van der Waals surface area contributed by atoms with E-state index in [4.69, 9.17) is 0 Å². The van der Waals surface area contributed by atoms with E-state index in [2.05, 4.69) is 5.32 Å². The van der Waals surface area contributed by atoms with Crippen molar-refractivity contribution >= 4 is 34.6 Å². The monoisotopic (exact) mass is 408 g/mol. The van der Waals surface area contributed by atoms with Crippen molar-refractivity contribution in [1.82, 2.24) is 0 Å². The fourth-order valence-corrected chi connectivity index (χ4v) is 4.41. The Morgan fingerprint density at radius 2 is 1.86 bits per heavy atom. The first kappa shape index (κ1) is 18.8. The largest absolute Gasteiger partial charge is 0.477 e. The van der Waals surface area contributed by atoms with E-state index in [9.17, 15) is 24.8 Å². The van der Waals surface area contributed by atoms with Gasteiger partial charge in [-0.25, -0.2) is 4.79 Å². The number of hydrogen-bond donors (Lipinski definition) is 2. The van der Waals surface area contributed by atoms with Gasteiger partial charge in [-0.1, -0.05) is 18.2 Å². The van der Waals surface area contributed by atoms with Crippen molar-refractivity contribution in [1.29, 1.82) is 0 Å². The number of fused-ring (bicyclic) bond motifs is 1. The third-order valence-electron chi connectivity index (χ3n) is 4.88. The van der Waals surface area contributed by atoms with Gasteiger partial charge in [0.25, 0.3) is 11.6 Å². The molecular weight excluding hydrogens is 392 g/mol. The number of rotatable bonds is 5. The molecule has 7 nitrogen and oxygen atoms in total. The molecule has 0 aliphatic heterocycles. The van der Waals surface area contributed by atoms with Crippen molar-refractivity contribution in [2.24, 2.45) is 0 Å². The van der Waals surface area contributed by atoms with Crippen LogP contribution in [0, 0.1) is 10.1 Å². The molecule has 4 rings (SSSR count). The maximum Gasteiger partial charge on any atom is 0.348 e. The van der Waals surface area contributed by atoms with Crippen molar-refractivity contribution in [3.8, 4) is 10.4 Å². The molecule has 146 valence electrons. The number of nitro benzene ring substituents is 1. The van der Waals surface area contributed by atoms with Crippen LogP contribution in [-0.4, -0.2) is 21.9 Å². The Balaban J connectivity index is 1.65. The third kappa shape index (κ3) is 3.74. The van der Waals surface area contributed by atoms with Gasteiger partial charge in [0.05, 0.1) is 10.6 Å². The predicted octanol–water partition coefficient (Wildman–Crippen LogP) is 4.76. The number of nitrogens with one attached hydrogen (secondary N) is 1. The molecule has 1 amide bonds. The topological polar surface area (TPSA) is 110 Å². The van der Waals surface area contributed by atoms with E-state index < -0.39 is 10.9 Å². The summed E-state index contributed by atoms with van der Waals surface area (Å²) in [5, 5.41) is 23.2. The number of benzene rings is 2. The van der Waals surface area contributed by atoms with E-state index in [1.165, 1.54) is 23.8 Å². The van der Waals surface area contributed by atoms with Crippen LogP contribution in [-0.2, 0) is 12.8 Å². The van der Waals surface area contributed by atoms with E-state index in [1.54, 1.807) is 18.2 Å². The first-order valence-electron chi connectivity index (χ1n) is 8.97. The van der Waals surface area contributed by atoms with Gasteiger partial charge in [-0.05, 0) is 54.2 Å². The molecule has 1 heterocycles. The van der Waals surface area contributed by atoms with Crippen molar-refractivity contribution < 1.29 is 19.6 Å². The Kier molecular flexibility index (Phi) is 4.85. The van der Waals surface area contributed by atoms with Crippen LogP contribution in [0.1, 0.15) is 37.6 Å². The molecular formula is C21H16N2O5S.